The fourth-order valence-corrected chi connectivity index (χ4v) is 7.15. The summed E-state index contributed by atoms with van der Waals surface area (Å²) >= 11 is 0. The van der Waals surface area contributed by atoms with Crippen molar-refractivity contribution in [2.75, 3.05) is 11.9 Å². The number of rotatable bonds is 11. The van der Waals surface area contributed by atoms with Gasteiger partial charge in [-0.1, -0.05) is 127 Å². The number of hydrogen-bond acceptors (Lipinski definition) is 7. The van der Waals surface area contributed by atoms with Crippen molar-refractivity contribution in [1.82, 2.24) is 26.6 Å². The molecule has 0 spiro atoms. The zero-order valence-electron chi connectivity index (χ0n) is 34.6. The molecular formula is C49H50N6O8. The number of amides is 6. The molecule has 6 amide bonds. The monoisotopic (exact) mass is 850 g/mol. The van der Waals surface area contributed by atoms with Gasteiger partial charge < -0.3 is 37.0 Å². The number of carbonyl (C=O) groups is 7. The lowest BCUT2D eigenvalue weighted by Crippen LogP contribution is -2.58. The van der Waals surface area contributed by atoms with Crippen LogP contribution in [0.2, 0.25) is 0 Å². The second-order valence-electron chi connectivity index (χ2n) is 15.3. The van der Waals surface area contributed by atoms with Crippen LogP contribution in [0.25, 0.3) is 11.1 Å². The van der Waals surface area contributed by atoms with Gasteiger partial charge in [0, 0.05) is 37.9 Å². The van der Waals surface area contributed by atoms with E-state index in [0.29, 0.717) is 28.8 Å². The summed E-state index contributed by atoms with van der Waals surface area (Å²) in [5, 5.41) is 25.8. The lowest BCUT2D eigenvalue weighted by molar-refractivity contribution is -0.137. The quantitative estimate of drug-likeness (QED) is 0.0945. The average Bonchev–Trinajstić information content (AvgIpc) is 3.29. The van der Waals surface area contributed by atoms with Crippen LogP contribution >= 0.6 is 0 Å². The third-order valence-corrected chi connectivity index (χ3v) is 10.6. The van der Waals surface area contributed by atoms with Crippen LogP contribution in [0.3, 0.4) is 0 Å². The maximum absolute atomic E-state index is 14.6. The van der Waals surface area contributed by atoms with E-state index in [0.717, 1.165) is 16.7 Å². The Balaban J connectivity index is 1.36. The number of benzene rings is 5. The molecular weight excluding hydrogens is 801 g/mol. The summed E-state index contributed by atoms with van der Waals surface area (Å²) < 4.78 is 0. The van der Waals surface area contributed by atoms with Crippen molar-refractivity contribution < 1.29 is 38.7 Å². The molecule has 324 valence electrons. The Morgan fingerprint density at radius 1 is 0.587 bits per heavy atom. The number of carboxylic acids is 1. The number of aryl methyl sites for hydroxylation is 1. The topological polar surface area (TPSA) is 212 Å². The standard InChI is InChI=1S/C49H50N6O8/c56-42-26-27-43(57)55-45(37-14-8-3-9-15-37)49(63)54-41(31-33-16-21-36(22-17-33)35-12-6-2-7-13-35)48(62)52-39(25-20-32-10-4-1-5-11-32)47(61)53-40(46(60)50-29-28-44(58)59)30-34-18-23-38(51-42)24-19-34/h1-19,21-24,39-41,45H,20,25-31H2,(H,50,60)(H,51,56)(H,52,62)(H,53,61)(H,54,63)(H,55,57)(H,58,59)/t39-,40+,41+,45?/m1/s1. The molecule has 63 heavy (non-hydrogen) atoms. The first-order valence-corrected chi connectivity index (χ1v) is 20.8. The Morgan fingerprint density at radius 3 is 1.84 bits per heavy atom. The summed E-state index contributed by atoms with van der Waals surface area (Å²) in [5.41, 5.74) is 4.98. The molecule has 5 aromatic carbocycles. The van der Waals surface area contributed by atoms with Crippen LogP contribution in [0.15, 0.2) is 140 Å². The first-order valence-electron chi connectivity index (χ1n) is 20.8. The van der Waals surface area contributed by atoms with E-state index in [2.05, 4.69) is 31.9 Å². The number of carboxylic acid groups (broad SMARTS) is 1. The van der Waals surface area contributed by atoms with E-state index in [-0.39, 0.29) is 45.1 Å². The average molecular weight is 851 g/mol. The summed E-state index contributed by atoms with van der Waals surface area (Å²) in [6.45, 7) is -0.186. The first-order chi connectivity index (χ1) is 30.5. The SMILES string of the molecule is O=C(O)CCNC(=O)[C@@H]1Cc2ccc(cc2)NC(=O)CCC(=O)NC(c2ccccc2)C(=O)N[C@@H](Cc2ccc(-c3ccccc3)cc2)C(=O)N[C@H](CCc2ccccc2)C(=O)N1. The van der Waals surface area contributed by atoms with Crippen molar-refractivity contribution in [1.29, 1.82) is 0 Å². The van der Waals surface area contributed by atoms with E-state index < -0.39 is 65.6 Å². The van der Waals surface area contributed by atoms with Gasteiger partial charge >= 0.3 is 5.97 Å². The van der Waals surface area contributed by atoms with Gasteiger partial charge in [-0.05, 0) is 58.4 Å². The Morgan fingerprint density at radius 2 is 1.17 bits per heavy atom. The molecule has 5 aromatic rings. The Hall–Kier alpha value is -7.61. The lowest BCUT2D eigenvalue weighted by Gasteiger charge is -2.27. The largest absolute Gasteiger partial charge is 0.481 e. The fraction of sp³-hybridized carbons (Fsp3) is 0.245. The van der Waals surface area contributed by atoms with Crippen molar-refractivity contribution in [3.8, 4) is 11.1 Å². The van der Waals surface area contributed by atoms with E-state index >= 15 is 0 Å². The molecule has 0 radical (unpaired) electrons. The molecule has 2 aliphatic heterocycles. The molecule has 2 heterocycles. The molecule has 2 aliphatic rings. The van der Waals surface area contributed by atoms with Gasteiger partial charge in [0.1, 0.15) is 24.2 Å². The van der Waals surface area contributed by atoms with Gasteiger partial charge in [-0.25, -0.2) is 0 Å². The second kappa shape index (κ2) is 22.3. The van der Waals surface area contributed by atoms with Crippen molar-refractivity contribution in [3.63, 3.8) is 0 Å². The lowest BCUT2D eigenvalue weighted by atomic mass is 9.98. The number of fused-ring (bicyclic) bond motifs is 18. The number of aliphatic carboxylic acids is 1. The third-order valence-electron chi connectivity index (χ3n) is 10.6. The van der Waals surface area contributed by atoms with Crippen LogP contribution in [0.4, 0.5) is 5.69 Å². The highest BCUT2D eigenvalue weighted by atomic mass is 16.4. The number of hydrogen-bond donors (Lipinski definition) is 7. The Kier molecular flexibility index (Phi) is 15.9. The molecule has 0 saturated carbocycles. The first kappa shape index (κ1) is 44.9. The Labute approximate surface area is 365 Å². The van der Waals surface area contributed by atoms with E-state index in [9.17, 15) is 38.7 Å². The molecule has 4 atom stereocenters. The summed E-state index contributed by atoms with van der Waals surface area (Å²) in [7, 11) is 0. The van der Waals surface area contributed by atoms with E-state index in [4.69, 9.17) is 0 Å². The van der Waals surface area contributed by atoms with Gasteiger partial charge in [-0.15, -0.1) is 0 Å². The summed E-state index contributed by atoms with van der Waals surface area (Å²) in [6, 6.07) is 36.8. The maximum atomic E-state index is 14.6. The van der Waals surface area contributed by atoms with E-state index in [1.54, 1.807) is 54.6 Å². The van der Waals surface area contributed by atoms with Crippen LogP contribution < -0.4 is 31.9 Å². The minimum absolute atomic E-state index is 0.000272. The highest BCUT2D eigenvalue weighted by Gasteiger charge is 2.32. The summed E-state index contributed by atoms with van der Waals surface area (Å²) in [6.07, 6.45) is -0.328. The molecule has 14 nitrogen and oxygen atoms in total. The van der Waals surface area contributed by atoms with Crippen molar-refractivity contribution in [2.45, 2.75) is 69.1 Å². The molecule has 7 N–H and O–H groups in total. The van der Waals surface area contributed by atoms with Crippen LogP contribution in [-0.4, -0.2) is 71.2 Å². The normalized spacial score (nSPS) is 19.0. The van der Waals surface area contributed by atoms with Crippen LogP contribution in [0, 0.1) is 0 Å². The maximum Gasteiger partial charge on any atom is 0.305 e. The van der Waals surface area contributed by atoms with E-state index in [1.807, 2.05) is 84.9 Å². The van der Waals surface area contributed by atoms with Crippen molar-refractivity contribution >= 4 is 47.1 Å². The van der Waals surface area contributed by atoms with Crippen LogP contribution in [0.1, 0.15) is 54.0 Å². The highest BCUT2D eigenvalue weighted by Crippen LogP contribution is 2.21. The summed E-state index contributed by atoms with van der Waals surface area (Å²) in [4.78, 5) is 94.5. The smallest absolute Gasteiger partial charge is 0.305 e. The minimum Gasteiger partial charge on any atom is -0.481 e. The van der Waals surface area contributed by atoms with Gasteiger partial charge in [-0.2, -0.15) is 0 Å². The second-order valence-corrected chi connectivity index (χ2v) is 15.3. The molecule has 0 fully saturated rings. The molecule has 1 unspecified atom stereocenters. The zero-order valence-corrected chi connectivity index (χ0v) is 34.6. The molecule has 0 aliphatic carbocycles. The van der Waals surface area contributed by atoms with E-state index in [1.165, 1.54) is 0 Å². The Bertz CT molecular complexity index is 2360. The third kappa shape index (κ3) is 13.7. The van der Waals surface area contributed by atoms with Crippen LogP contribution in [-0.2, 0) is 52.8 Å². The minimum atomic E-state index is -1.26. The highest BCUT2D eigenvalue weighted by molar-refractivity contribution is 5.97. The van der Waals surface area contributed by atoms with Crippen LogP contribution in [0.5, 0.6) is 0 Å². The molecule has 0 saturated heterocycles. The molecule has 2 bridgehead atoms. The molecule has 0 aromatic heterocycles. The van der Waals surface area contributed by atoms with Crippen molar-refractivity contribution in [3.05, 3.63) is 162 Å². The van der Waals surface area contributed by atoms with Gasteiger partial charge in [0.25, 0.3) is 0 Å². The van der Waals surface area contributed by atoms with Gasteiger partial charge in [0.2, 0.25) is 35.4 Å². The number of nitrogens with one attached hydrogen (secondary N) is 6. The molecule has 14 heteroatoms. The predicted octanol–water partition coefficient (Wildman–Crippen LogP) is 4.41. The zero-order chi connectivity index (χ0) is 44.6. The predicted molar refractivity (Wildman–Crippen MR) is 237 cm³/mol. The number of anilines is 1. The molecule has 7 rings (SSSR count). The van der Waals surface area contributed by atoms with Crippen molar-refractivity contribution in [2.24, 2.45) is 0 Å². The van der Waals surface area contributed by atoms with Gasteiger partial charge in [0.15, 0.2) is 0 Å². The number of carbonyl (C=O) groups excluding carboxylic acids is 6. The van der Waals surface area contributed by atoms with Gasteiger partial charge in [-0.3, -0.25) is 33.6 Å². The fourth-order valence-electron chi connectivity index (χ4n) is 7.15. The summed E-state index contributed by atoms with van der Waals surface area (Å²) in [5.74, 6) is -4.85. The van der Waals surface area contributed by atoms with Gasteiger partial charge in [0.05, 0.1) is 6.42 Å².